The van der Waals surface area contributed by atoms with E-state index in [4.69, 9.17) is 14.6 Å². The zero-order valence-electron chi connectivity index (χ0n) is 25.5. The Kier molecular flexibility index (Phi) is 12.0. The number of carboxylic acid groups (broad SMARTS) is 1. The van der Waals surface area contributed by atoms with Crippen LogP contribution < -0.4 is 10.1 Å². The van der Waals surface area contributed by atoms with Crippen LogP contribution in [0.15, 0.2) is 41.3 Å². The van der Waals surface area contributed by atoms with Crippen molar-refractivity contribution in [1.82, 2.24) is 4.98 Å². The molecule has 1 fully saturated rings. The smallest absolute Gasteiger partial charge is 0.331 e. The molecule has 10 heteroatoms. The van der Waals surface area contributed by atoms with E-state index in [1.807, 2.05) is 18.2 Å². The van der Waals surface area contributed by atoms with Crippen molar-refractivity contribution < 1.29 is 33.0 Å². The molecule has 2 aromatic carbocycles. The van der Waals surface area contributed by atoms with Crippen LogP contribution in [-0.4, -0.2) is 35.2 Å². The number of aliphatic carboxylic acids is 1. The standard InChI is InChI=1S/C34H40F2N2O5S/c1-4-5-7-15-30(22-11-8-6-9-12-22)43-19-23-13-10-14-25(31(23)42-3)29-20-44-34(37-29)38-32(39)24-17-27(35)26(28(36)18-24)16-21(2)33(40)41/h10,13-14,16-18,20,22,30H,4-9,11-12,15,19H2,1-3H3,(H,40,41)(H,37,38,39). The summed E-state index contributed by atoms with van der Waals surface area (Å²) in [7, 11) is 1.61. The predicted molar refractivity (Wildman–Crippen MR) is 169 cm³/mol. The molecule has 44 heavy (non-hydrogen) atoms. The van der Waals surface area contributed by atoms with Crippen molar-refractivity contribution in [2.24, 2.45) is 5.92 Å². The van der Waals surface area contributed by atoms with Gasteiger partial charge in [0.1, 0.15) is 17.4 Å². The Labute approximate surface area is 261 Å². The molecule has 3 aromatic rings. The molecule has 2 N–H and O–H groups in total. The number of halogens is 2. The third-order valence-electron chi connectivity index (χ3n) is 8.06. The second-order valence-corrected chi connectivity index (χ2v) is 12.1. The second kappa shape index (κ2) is 15.9. The molecule has 7 nitrogen and oxygen atoms in total. The maximum Gasteiger partial charge on any atom is 0.331 e. The maximum atomic E-state index is 14.6. The Morgan fingerprint density at radius 1 is 1.16 bits per heavy atom. The Morgan fingerprint density at radius 2 is 1.89 bits per heavy atom. The molecule has 1 atom stereocenters. The zero-order chi connectivity index (χ0) is 31.6. The van der Waals surface area contributed by atoms with Gasteiger partial charge in [-0.2, -0.15) is 0 Å². The summed E-state index contributed by atoms with van der Waals surface area (Å²) < 4.78 is 41.5. The molecular formula is C34H40F2N2O5S. The lowest BCUT2D eigenvalue weighted by atomic mass is 9.83. The number of hydrogen-bond acceptors (Lipinski definition) is 6. The average molecular weight is 627 g/mol. The molecule has 1 unspecified atom stereocenters. The summed E-state index contributed by atoms with van der Waals surface area (Å²) in [4.78, 5) is 28.4. The van der Waals surface area contributed by atoms with Gasteiger partial charge in [0.05, 0.1) is 25.5 Å². The summed E-state index contributed by atoms with van der Waals surface area (Å²) in [5.74, 6) is -2.91. The SMILES string of the molecule is CCCCCC(OCc1cccc(-c2csc(NC(=O)c3cc(F)c(C=C(C)C(=O)O)c(F)c3)n2)c1OC)C1CCCCC1. The van der Waals surface area contributed by atoms with Gasteiger partial charge in [0, 0.05) is 33.2 Å². The van der Waals surface area contributed by atoms with Crippen LogP contribution in [0.1, 0.15) is 93.1 Å². The number of para-hydroxylation sites is 1. The lowest BCUT2D eigenvalue weighted by Gasteiger charge is -2.30. The van der Waals surface area contributed by atoms with Gasteiger partial charge in [0.15, 0.2) is 5.13 Å². The summed E-state index contributed by atoms with van der Waals surface area (Å²) >= 11 is 1.17. The Bertz CT molecular complexity index is 1460. The summed E-state index contributed by atoms with van der Waals surface area (Å²) in [6.07, 6.45) is 12.0. The van der Waals surface area contributed by atoms with Gasteiger partial charge in [0.25, 0.3) is 5.91 Å². The first-order chi connectivity index (χ1) is 21.2. The van der Waals surface area contributed by atoms with Crippen molar-refractivity contribution in [3.63, 3.8) is 0 Å². The molecule has 0 bridgehead atoms. The molecule has 0 saturated heterocycles. The highest BCUT2D eigenvalue weighted by Crippen LogP contribution is 2.37. The van der Waals surface area contributed by atoms with E-state index in [2.05, 4.69) is 17.2 Å². The van der Waals surface area contributed by atoms with E-state index in [9.17, 15) is 18.4 Å². The van der Waals surface area contributed by atoms with Crippen LogP contribution in [0.3, 0.4) is 0 Å². The number of unbranched alkanes of at least 4 members (excludes halogenated alkanes) is 2. The fraction of sp³-hybridized carbons (Fsp3) is 0.441. The van der Waals surface area contributed by atoms with Crippen LogP contribution in [0.2, 0.25) is 0 Å². The molecule has 1 saturated carbocycles. The van der Waals surface area contributed by atoms with E-state index >= 15 is 0 Å². The molecule has 1 aliphatic rings. The van der Waals surface area contributed by atoms with Crippen molar-refractivity contribution in [2.45, 2.75) is 84.3 Å². The number of aromatic nitrogens is 1. The number of nitrogens with one attached hydrogen (secondary N) is 1. The number of hydrogen-bond donors (Lipinski definition) is 2. The third kappa shape index (κ3) is 8.51. The monoisotopic (exact) mass is 626 g/mol. The van der Waals surface area contributed by atoms with Crippen LogP contribution in [-0.2, 0) is 16.1 Å². The van der Waals surface area contributed by atoms with Crippen LogP contribution >= 0.6 is 11.3 Å². The third-order valence-corrected chi connectivity index (χ3v) is 8.82. The van der Waals surface area contributed by atoms with E-state index in [1.54, 1.807) is 12.5 Å². The topological polar surface area (TPSA) is 97.8 Å². The van der Waals surface area contributed by atoms with Gasteiger partial charge < -0.3 is 14.6 Å². The summed E-state index contributed by atoms with van der Waals surface area (Å²) in [6.45, 7) is 3.86. The Morgan fingerprint density at radius 3 is 2.55 bits per heavy atom. The molecule has 1 aromatic heterocycles. The molecule has 1 heterocycles. The van der Waals surface area contributed by atoms with Crippen molar-refractivity contribution >= 4 is 34.4 Å². The number of methoxy groups -OCH3 is 1. The average Bonchev–Trinajstić information content (AvgIpc) is 3.48. The van der Waals surface area contributed by atoms with Gasteiger partial charge in [-0.1, -0.05) is 57.6 Å². The van der Waals surface area contributed by atoms with E-state index in [1.165, 1.54) is 63.2 Å². The predicted octanol–water partition coefficient (Wildman–Crippen LogP) is 8.88. The Balaban J connectivity index is 1.48. The van der Waals surface area contributed by atoms with Crippen LogP contribution in [0.5, 0.6) is 5.75 Å². The number of nitrogens with zero attached hydrogens (tertiary/aromatic N) is 1. The largest absolute Gasteiger partial charge is 0.496 e. The number of ether oxygens (including phenoxy) is 2. The van der Waals surface area contributed by atoms with Gasteiger partial charge in [-0.3, -0.25) is 10.1 Å². The second-order valence-electron chi connectivity index (χ2n) is 11.2. The summed E-state index contributed by atoms with van der Waals surface area (Å²) in [5, 5.41) is 13.6. The van der Waals surface area contributed by atoms with E-state index in [-0.39, 0.29) is 22.4 Å². The number of thiazole rings is 1. The van der Waals surface area contributed by atoms with Crippen molar-refractivity contribution in [3.8, 4) is 17.0 Å². The number of amides is 1. The minimum absolute atomic E-state index is 0.220. The zero-order valence-corrected chi connectivity index (χ0v) is 26.3. The first kappa shape index (κ1) is 33.3. The normalized spacial score (nSPS) is 14.8. The fourth-order valence-corrected chi connectivity index (χ4v) is 6.36. The molecular weight excluding hydrogens is 586 g/mol. The van der Waals surface area contributed by atoms with Crippen molar-refractivity contribution in [2.75, 3.05) is 12.4 Å². The van der Waals surface area contributed by atoms with Gasteiger partial charge in [-0.25, -0.2) is 18.6 Å². The molecule has 4 rings (SSSR count). The van der Waals surface area contributed by atoms with Crippen molar-refractivity contribution in [3.05, 3.63) is 69.6 Å². The molecule has 0 aliphatic heterocycles. The minimum Gasteiger partial charge on any atom is -0.496 e. The first-order valence-corrected chi connectivity index (χ1v) is 16.0. The van der Waals surface area contributed by atoms with Gasteiger partial charge in [-0.05, 0) is 56.4 Å². The highest BCUT2D eigenvalue weighted by Gasteiger charge is 2.25. The van der Waals surface area contributed by atoms with Crippen molar-refractivity contribution in [1.29, 1.82) is 0 Å². The summed E-state index contributed by atoms with van der Waals surface area (Å²) in [6, 6.07) is 7.53. The van der Waals surface area contributed by atoms with Gasteiger partial charge in [0.2, 0.25) is 0 Å². The number of carbonyl (C=O) groups excluding carboxylic acids is 1. The van der Waals surface area contributed by atoms with Gasteiger partial charge in [-0.15, -0.1) is 11.3 Å². The Hall–Kier alpha value is -3.63. The number of benzene rings is 2. The first-order valence-electron chi connectivity index (χ1n) is 15.2. The van der Waals surface area contributed by atoms with E-state index < -0.39 is 29.1 Å². The molecule has 0 spiro atoms. The number of rotatable bonds is 14. The summed E-state index contributed by atoms with van der Waals surface area (Å²) in [5.41, 5.74) is 1.21. The van der Waals surface area contributed by atoms with E-state index in [0.29, 0.717) is 24.0 Å². The molecule has 1 amide bonds. The number of carboxylic acids is 1. The minimum atomic E-state index is -1.30. The maximum absolute atomic E-state index is 14.6. The van der Waals surface area contributed by atoms with Crippen LogP contribution in [0.4, 0.5) is 13.9 Å². The van der Waals surface area contributed by atoms with Gasteiger partial charge >= 0.3 is 5.97 Å². The highest BCUT2D eigenvalue weighted by atomic mass is 32.1. The van der Waals surface area contributed by atoms with Crippen LogP contribution in [0.25, 0.3) is 17.3 Å². The fourth-order valence-electron chi connectivity index (χ4n) is 5.65. The molecule has 236 valence electrons. The number of carbonyl (C=O) groups is 2. The van der Waals surface area contributed by atoms with Crippen LogP contribution in [0, 0.1) is 17.6 Å². The molecule has 0 radical (unpaired) electrons. The lowest BCUT2D eigenvalue weighted by molar-refractivity contribution is -0.132. The number of anilines is 1. The van der Waals surface area contributed by atoms with E-state index in [0.717, 1.165) is 42.2 Å². The molecule has 1 aliphatic carbocycles. The quantitative estimate of drug-likeness (QED) is 0.137. The lowest BCUT2D eigenvalue weighted by Crippen LogP contribution is -2.26. The highest BCUT2D eigenvalue weighted by molar-refractivity contribution is 7.14.